The molecular formula is C20H16O7. The van der Waals surface area contributed by atoms with Gasteiger partial charge in [0.2, 0.25) is 5.43 Å². The van der Waals surface area contributed by atoms with Crippen LogP contribution in [0.4, 0.5) is 0 Å². The quantitative estimate of drug-likeness (QED) is 0.549. The minimum Gasteiger partial charge on any atom is -0.508 e. The van der Waals surface area contributed by atoms with Gasteiger partial charge in [0.15, 0.2) is 0 Å². The molecular weight excluding hydrogens is 352 g/mol. The van der Waals surface area contributed by atoms with Crippen molar-refractivity contribution in [2.75, 3.05) is 6.61 Å². The second-order valence-corrected chi connectivity index (χ2v) is 6.60. The van der Waals surface area contributed by atoms with Gasteiger partial charge in [-0.1, -0.05) is 0 Å². The molecule has 2 heterocycles. The molecule has 138 valence electrons. The monoisotopic (exact) mass is 368 g/mol. The zero-order valence-electron chi connectivity index (χ0n) is 14.3. The molecule has 0 aliphatic carbocycles. The molecule has 7 nitrogen and oxygen atoms in total. The van der Waals surface area contributed by atoms with Crippen LogP contribution in [-0.2, 0) is 0 Å². The molecule has 2 aromatic carbocycles. The summed E-state index contributed by atoms with van der Waals surface area (Å²) in [4.78, 5) is 13.0. The molecule has 0 bridgehead atoms. The normalized spacial score (nSPS) is 18.3. The second kappa shape index (κ2) is 5.78. The van der Waals surface area contributed by atoms with Gasteiger partial charge in [-0.2, -0.15) is 0 Å². The molecule has 1 atom stereocenters. The van der Waals surface area contributed by atoms with Gasteiger partial charge >= 0.3 is 0 Å². The van der Waals surface area contributed by atoms with Gasteiger partial charge in [-0.15, -0.1) is 0 Å². The van der Waals surface area contributed by atoms with Crippen LogP contribution in [0.1, 0.15) is 12.5 Å². The van der Waals surface area contributed by atoms with Crippen molar-refractivity contribution < 1.29 is 29.6 Å². The number of aliphatic hydroxyl groups excluding tert-OH is 1. The molecule has 0 fully saturated rings. The molecule has 4 N–H and O–H groups in total. The zero-order valence-corrected chi connectivity index (χ0v) is 14.3. The SMILES string of the molecule is CC1(CO)C=Cc2c(O)ccc(-c3coc4cc(O)cc(O)c4c3=O)c2O1. The number of benzene rings is 2. The van der Waals surface area contributed by atoms with E-state index in [0.717, 1.165) is 6.07 Å². The summed E-state index contributed by atoms with van der Waals surface area (Å²) in [6.45, 7) is 1.36. The Kier molecular flexibility index (Phi) is 3.64. The molecule has 0 saturated carbocycles. The van der Waals surface area contributed by atoms with Gasteiger partial charge in [0, 0.05) is 17.7 Å². The Labute approximate surface area is 153 Å². The van der Waals surface area contributed by atoms with Crippen molar-refractivity contribution in [3.05, 3.63) is 52.4 Å². The van der Waals surface area contributed by atoms with Crippen LogP contribution in [0.5, 0.6) is 23.0 Å². The molecule has 1 aromatic heterocycles. The van der Waals surface area contributed by atoms with E-state index in [1.54, 1.807) is 19.1 Å². The molecule has 3 aromatic rings. The number of aliphatic hydroxyl groups is 1. The van der Waals surface area contributed by atoms with E-state index in [4.69, 9.17) is 9.15 Å². The van der Waals surface area contributed by atoms with E-state index in [0.29, 0.717) is 11.1 Å². The first-order valence-corrected chi connectivity index (χ1v) is 8.16. The summed E-state index contributed by atoms with van der Waals surface area (Å²) in [7, 11) is 0. The van der Waals surface area contributed by atoms with Crippen molar-refractivity contribution in [3.8, 4) is 34.1 Å². The van der Waals surface area contributed by atoms with Crippen LogP contribution in [0.2, 0.25) is 0 Å². The van der Waals surface area contributed by atoms with E-state index < -0.39 is 16.8 Å². The highest BCUT2D eigenvalue weighted by atomic mass is 16.5. The highest BCUT2D eigenvalue weighted by Gasteiger charge is 2.30. The van der Waals surface area contributed by atoms with Crippen LogP contribution in [0.15, 0.2) is 45.8 Å². The minimum absolute atomic E-state index is 0.0370. The third-order valence-corrected chi connectivity index (χ3v) is 4.56. The summed E-state index contributed by atoms with van der Waals surface area (Å²) in [5, 5.41) is 39.3. The molecule has 0 spiro atoms. The first-order valence-electron chi connectivity index (χ1n) is 8.16. The maximum atomic E-state index is 13.0. The molecule has 7 heteroatoms. The highest BCUT2D eigenvalue weighted by molar-refractivity contribution is 5.90. The van der Waals surface area contributed by atoms with E-state index in [1.807, 2.05) is 0 Å². The van der Waals surface area contributed by atoms with Crippen LogP contribution in [0.3, 0.4) is 0 Å². The summed E-state index contributed by atoms with van der Waals surface area (Å²) in [6.07, 6.45) is 4.44. The summed E-state index contributed by atoms with van der Waals surface area (Å²) < 4.78 is 11.3. The van der Waals surface area contributed by atoms with Crippen LogP contribution in [-0.4, -0.2) is 32.6 Å². The van der Waals surface area contributed by atoms with Crippen molar-refractivity contribution in [3.63, 3.8) is 0 Å². The second-order valence-electron chi connectivity index (χ2n) is 6.60. The highest BCUT2D eigenvalue weighted by Crippen LogP contribution is 2.43. The lowest BCUT2D eigenvalue weighted by Crippen LogP contribution is -2.36. The number of phenols is 3. The summed E-state index contributed by atoms with van der Waals surface area (Å²) in [5.41, 5.74) is -0.681. The third-order valence-electron chi connectivity index (χ3n) is 4.56. The van der Waals surface area contributed by atoms with Gasteiger partial charge in [-0.25, -0.2) is 0 Å². The average molecular weight is 368 g/mol. The molecule has 1 unspecified atom stereocenters. The molecule has 0 saturated heterocycles. The van der Waals surface area contributed by atoms with Crippen molar-refractivity contribution in [1.29, 1.82) is 0 Å². The van der Waals surface area contributed by atoms with Crippen LogP contribution in [0, 0.1) is 0 Å². The standard InChI is InChI=1S/C20H16O7/c1-20(9-21)5-4-12-14(23)3-2-11(19(12)27-20)13-8-26-16-7-10(22)6-15(24)17(16)18(13)25/h2-8,21-24H,9H2,1H3. The summed E-state index contributed by atoms with van der Waals surface area (Å²) in [6, 6.07) is 5.20. The molecule has 0 amide bonds. The molecule has 27 heavy (non-hydrogen) atoms. The van der Waals surface area contributed by atoms with Crippen molar-refractivity contribution in [2.24, 2.45) is 0 Å². The number of phenolic OH excluding ortho intramolecular Hbond substituents is 3. The van der Waals surface area contributed by atoms with Gasteiger partial charge in [-0.3, -0.25) is 4.79 Å². The predicted octanol–water partition coefficient (Wildman–Crippen LogP) is 2.73. The number of rotatable bonds is 2. The molecule has 1 aliphatic heterocycles. The first kappa shape index (κ1) is 17.0. The predicted molar refractivity (Wildman–Crippen MR) is 98.1 cm³/mol. The lowest BCUT2D eigenvalue weighted by Gasteiger charge is -2.31. The number of fused-ring (bicyclic) bond motifs is 2. The van der Waals surface area contributed by atoms with E-state index in [9.17, 15) is 25.2 Å². The van der Waals surface area contributed by atoms with E-state index in [1.165, 1.54) is 24.5 Å². The Hall–Kier alpha value is -3.45. The Balaban J connectivity index is 2.00. The van der Waals surface area contributed by atoms with Gasteiger partial charge in [-0.05, 0) is 31.2 Å². The smallest absolute Gasteiger partial charge is 0.204 e. The van der Waals surface area contributed by atoms with Gasteiger partial charge in [0.25, 0.3) is 0 Å². The van der Waals surface area contributed by atoms with Gasteiger partial charge < -0.3 is 29.6 Å². The first-order chi connectivity index (χ1) is 12.8. The Morgan fingerprint density at radius 1 is 1.07 bits per heavy atom. The fraction of sp³-hybridized carbons (Fsp3) is 0.150. The summed E-state index contributed by atoms with van der Waals surface area (Å²) >= 11 is 0. The van der Waals surface area contributed by atoms with Crippen LogP contribution < -0.4 is 10.2 Å². The Bertz CT molecular complexity index is 1160. The Morgan fingerprint density at radius 2 is 1.85 bits per heavy atom. The maximum absolute atomic E-state index is 13.0. The largest absolute Gasteiger partial charge is 0.508 e. The molecule has 4 rings (SSSR count). The van der Waals surface area contributed by atoms with E-state index in [2.05, 4.69) is 0 Å². The van der Waals surface area contributed by atoms with Crippen molar-refractivity contribution in [2.45, 2.75) is 12.5 Å². The fourth-order valence-corrected chi connectivity index (χ4v) is 3.09. The molecule has 1 aliphatic rings. The summed E-state index contributed by atoms with van der Waals surface area (Å²) in [5.74, 6) is -0.457. The topological polar surface area (TPSA) is 120 Å². The van der Waals surface area contributed by atoms with Crippen molar-refractivity contribution in [1.82, 2.24) is 0 Å². The average Bonchev–Trinajstić information content (AvgIpc) is 2.62. The number of hydrogen-bond donors (Lipinski definition) is 4. The fourth-order valence-electron chi connectivity index (χ4n) is 3.09. The van der Waals surface area contributed by atoms with Crippen molar-refractivity contribution >= 4 is 17.0 Å². The zero-order chi connectivity index (χ0) is 19.3. The maximum Gasteiger partial charge on any atom is 0.204 e. The van der Waals surface area contributed by atoms with E-state index in [-0.39, 0.29) is 40.4 Å². The molecule has 0 radical (unpaired) electrons. The van der Waals surface area contributed by atoms with Crippen LogP contribution >= 0.6 is 0 Å². The number of aromatic hydroxyl groups is 3. The van der Waals surface area contributed by atoms with Gasteiger partial charge in [0.05, 0.1) is 17.7 Å². The van der Waals surface area contributed by atoms with Gasteiger partial charge in [0.1, 0.15) is 45.8 Å². The number of hydrogen-bond acceptors (Lipinski definition) is 7. The third kappa shape index (κ3) is 2.60. The lowest BCUT2D eigenvalue weighted by atomic mass is 9.95. The lowest BCUT2D eigenvalue weighted by molar-refractivity contribution is 0.0643. The minimum atomic E-state index is -1.01. The Morgan fingerprint density at radius 3 is 2.59 bits per heavy atom. The number of ether oxygens (including phenoxy) is 1. The van der Waals surface area contributed by atoms with Crippen LogP contribution in [0.25, 0.3) is 28.2 Å². The van der Waals surface area contributed by atoms with E-state index >= 15 is 0 Å².